The zero-order chi connectivity index (χ0) is 12.8. The molecule has 2 rings (SSSR count). The Bertz CT molecular complexity index is 561. The van der Waals surface area contributed by atoms with Crippen molar-refractivity contribution < 1.29 is 0 Å². The Labute approximate surface area is 109 Å². The monoisotopic (exact) mass is 235 g/mol. The maximum absolute atomic E-state index is 3.20. The van der Waals surface area contributed by atoms with Gasteiger partial charge in [0.2, 0.25) is 0 Å². The average Bonchev–Trinajstić information content (AvgIpc) is 2.40. The number of benzene rings is 2. The molecule has 1 heteroatoms. The molecule has 0 aliphatic rings. The van der Waals surface area contributed by atoms with Gasteiger partial charge in [-0.15, -0.1) is 0 Å². The molecule has 0 N–H and O–H groups in total. The molecule has 90 valence electrons. The first kappa shape index (κ1) is 12.3. The molecule has 0 radical (unpaired) electrons. The molecule has 2 aromatic carbocycles. The maximum Gasteiger partial charge on any atom is 0.0794 e. The normalized spacial score (nSPS) is 9.44. The van der Waals surface area contributed by atoms with Crippen molar-refractivity contribution in [3.63, 3.8) is 0 Å². The number of hydrogen-bond acceptors (Lipinski definition) is 1. The van der Waals surface area contributed by atoms with Gasteiger partial charge in [-0.1, -0.05) is 48.2 Å². The molecule has 0 unspecified atom stereocenters. The van der Waals surface area contributed by atoms with Gasteiger partial charge < -0.3 is 4.90 Å². The minimum Gasteiger partial charge on any atom is -0.363 e. The van der Waals surface area contributed by atoms with Crippen LogP contribution < -0.4 is 4.90 Å². The lowest BCUT2D eigenvalue weighted by Gasteiger charge is -2.18. The fourth-order valence-electron chi connectivity index (χ4n) is 1.86. The van der Waals surface area contributed by atoms with Crippen LogP contribution in [0.1, 0.15) is 11.1 Å². The van der Waals surface area contributed by atoms with Gasteiger partial charge in [0.1, 0.15) is 0 Å². The van der Waals surface area contributed by atoms with Gasteiger partial charge in [-0.3, -0.25) is 0 Å². The van der Waals surface area contributed by atoms with E-state index in [2.05, 4.69) is 55.0 Å². The standard InChI is InChI=1S/C17H17N/c1-15-9-6-7-13-17(15)18(2)14-8-12-16-10-4-3-5-11-16/h3-7,9-11,13H,14H2,1-2H3. The zero-order valence-corrected chi connectivity index (χ0v) is 10.9. The summed E-state index contributed by atoms with van der Waals surface area (Å²) >= 11 is 0. The maximum atomic E-state index is 3.20. The highest BCUT2D eigenvalue weighted by Gasteiger charge is 2.00. The number of rotatable bonds is 2. The van der Waals surface area contributed by atoms with Crippen molar-refractivity contribution in [2.24, 2.45) is 0 Å². The summed E-state index contributed by atoms with van der Waals surface area (Å²) in [4.78, 5) is 2.17. The highest BCUT2D eigenvalue weighted by Crippen LogP contribution is 2.16. The van der Waals surface area contributed by atoms with Crippen molar-refractivity contribution in [2.45, 2.75) is 6.92 Å². The van der Waals surface area contributed by atoms with E-state index in [1.54, 1.807) is 0 Å². The third-order valence-corrected chi connectivity index (χ3v) is 2.85. The number of para-hydroxylation sites is 1. The lowest BCUT2D eigenvalue weighted by molar-refractivity contribution is 1.04. The Kier molecular flexibility index (Phi) is 4.04. The fraction of sp³-hybridized carbons (Fsp3) is 0.176. The highest BCUT2D eigenvalue weighted by atomic mass is 15.1. The molecule has 0 fully saturated rings. The Hall–Kier alpha value is -2.20. The molecule has 0 saturated heterocycles. The Morgan fingerprint density at radius 1 is 0.944 bits per heavy atom. The highest BCUT2D eigenvalue weighted by molar-refractivity contribution is 5.53. The van der Waals surface area contributed by atoms with Gasteiger partial charge in [0.25, 0.3) is 0 Å². The van der Waals surface area contributed by atoms with Gasteiger partial charge in [-0.05, 0) is 30.7 Å². The summed E-state index contributed by atoms with van der Waals surface area (Å²) in [7, 11) is 2.07. The lowest BCUT2D eigenvalue weighted by Crippen LogP contribution is -2.18. The zero-order valence-electron chi connectivity index (χ0n) is 10.9. The van der Waals surface area contributed by atoms with Gasteiger partial charge in [0, 0.05) is 18.3 Å². The van der Waals surface area contributed by atoms with Crippen LogP contribution in [0.15, 0.2) is 54.6 Å². The molecule has 0 amide bonds. The topological polar surface area (TPSA) is 3.24 Å². The second-order valence-corrected chi connectivity index (χ2v) is 4.31. The summed E-state index contributed by atoms with van der Waals surface area (Å²) in [5.41, 5.74) is 3.58. The molecule has 0 aromatic heterocycles. The van der Waals surface area contributed by atoms with Crippen LogP contribution in [-0.2, 0) is 0 Å². The third kappa shape index (κ3) is 3.15. The molecule has 18 heavy (non-hydrogen) atoms. The first-order valence-corrected chi connectivity index (χ1v) is 6.08. The molecule has 0 heterocycles. The van der Waals surface area contributed by atoms with Crippen LogP contribution in [-0.4, -0.2) is 13.6 Å². The minimum atomic E-state index is 0.736. The molecule has 0 bridgehead atoms. The predicted molar refractivity (Wildman–Crippen MR) is 77.8 cm³/mol. The summed E-state index contributed by atoms with van der Waals surface area (Å²) in [6, 6.07) is 18.4. The van der Waals surface area contributed by atoms with E-state index in [1.807, 2.05) is 30.3 Å². The van der Waals surface area contributed by atoms with Crippen molar-refractivity contribution in [3.8, 4) is 11.8 Å². The molecular weight excluding hydrogens is 218 g/mol. The summed E-state index contributed by atoms with van der Waals surface area (Å²) < 4.78 is 0. The van der Waals surface area contributed by atoms with E-state index in [-0.39, 0.29) is 0 Å². The van der Waals surface area contributed by atoms with Crippen LogP contribution in [0.25, 0.3) is 0 Å². The first-order valence-electron chi connectivity index (χ1n) is 6.08. The van der Waals surface area contributed by atoms with E-state index in [1.165, 1.54) is 11.3 Å². The molecule has 1 nitrogen and oxygen atoms in total. The Morgan fingerprint density at radius 3 is 2.33 bits per heavy atom. The van der Waals surface area contributed by atoms with Crippen LogP contribution in [0.4, 0.5) is 5.69 Å². The quantitative estimate of drug-likeness (QED) is 0.720. The largest absolute Gasteiger partial charge is 0.363 e. The molecule has 0 saturated carbocycles. The fourth-order valence-corrected chi connectivity index (χ4v) is 1.86. The van der Waals surface area contributed by atoms with Crippen molar-refractivity contribution in [1.82, 2.24) is 0 Å². The van der Waals surface area contributed by atoms with Crippen LogP contribution in [0.3, 0.4) is 0 Å². The van der Waals surface area contributed by atoms with Gasteiger partial charge in [-0.25, -0.2) is 0 Å². The second kappa shape index (κ2) is 5.93. The van der Waals surface area contributed by atoms with Crippen LogP contribution >= 0.6 is 0 Å². The van der Waals surface area contributed by atoms with Gasteiger partial charge in [0.15, 0.2) is 0 Å². The van der Waals surface area contributed by atoms with E-state index in [4.69, 9.17) is 0 Å². The molecule has 0 atom stereocenters. The second-order valence-electron chi connectivity index (χ2n) is 4.31. The number of hydrogen-bond donors (Lipinski definition) is 0. The van der Waals surface area contributed by atoms with Gasteiger partial charge in [0.05, 0.1) is 6.54 Å². The van der Waals surface area contributed by atoms with Crippen LogP contribution in [0.2, 0.25) is 0 Å². The molecule has 0 aliphatic carbocycles. The van der Waals surface area contributed by atoms with E-state index >= 15 is 0 Å². The van der Waals surface area contributed by atoms with Crippen molar-refractivity contribution in [2.75, 3.05) is 18.5 Å². The average molecular weight is 235 g/mol. The van der Waals surface area contributed by atoms with Crippen LogP contribution in [0, 0.1) is 18.8 Å². The summed E-state index contributed by atoms with van der Waals surface area (Å²) in [6.45, 7) is 2.86. The molecule has 2 aromatic rings. The summed E-state index contributed by atoms with van der Waals surface area (Å²) in [5.74, 6) is 6.38. The smallest absolute Gasteiger partial charge is 0.0794 e. The minimum absolute atomic E-state index is 0.736. The third-order valence-electron chi connectivity index (χ3n) is 2.85. The predicted octanol–water partition coefficient (Wildman–Crippen LogP) is 3.48. The number of nitrogens with zero attached hydrogens (tertiary/aromatic N) is 1. The molecule has 0 aliphatic heterocycles. The van der Waals surface area contributed by atoms with E-state index < -0.39 is 0 Å². The summed E-state index contributed by atoms with van der Waals surface area (Å²) in [5, 5.41) is 0. The Balaban J connectivity index is 2.04. The van der Waals surface area contributed by atoms with Gasteiger partial charge in [-0.2, -0.15) is 0 Å². The number of anilines is 1. The Morgan fingerprint density at radius 2 is 1.61 bits per heavy atom. The summed E-state index contributed by atoms with van der Waals surface area (Å²) in [6.07, 6.45) is 0. The van der Waals surface area contributed by atoms with Crippen molar-refractivity contribution in [1.29, 1.82) is 0 Å². The van der Waals surface area contributed by atoms with Gasteiger partial charge >= 0.3 is 0 Å². The molecule has 0 spiro atoms. The SMILES string of the molecule is Cc1ccccc1N(C)CC#Cc1ccccc1. The molecular formula is C17H17N. The van der Waals surface area contributed by atoms with E-state index in [9.17, 15) is 0 Å². The van der Waals surface area contributed by atoms with Crippen molar-refractivity contribution >= 4 is 5.69 Å². The first-order chi connectivity index (χ1) is 8.77. The van der Waals surface area contributed by atoms with Crippen molar-refractivity contribution in [3.05, 3.63) is 65.7 Å². The van der Waals surface area contributed by atoms with Crippen LogP contribution in [0.5, 0.6) is 0 Å². The van der Waals surface area contributed by atoms with E-state index in [0.29, 0.717) is 0 Å². The van der Waals surface area contributed by atoms with E-state index in [0.717, 1.165) is 12.1 Å². The number of aryl methyl sites for hydroxylation is 1. The lowest BCUT2D eigenvalue weighted by atomic mass is 10.2.